The Balaban J connectivity index is 1.17. The molecule has 0 bridgehead atoms. The van der Waals surface area contributed by atoms with Crippen molar-refractivity contribution in [3.63, 3.8) is 0 Å². The van der Waals surface area contributed by atoms with Crippen molar-refractivity contribution in [2.24, 2.45) is 4.99 Å². The number of nitrogens with zero attached hydrogens (tertiary/aromatic N) is 7. The van der Waals surface area contributed by atoms with Crippen LogP contribution in [0.5, 0.6) is 0 Å². The molecule has 2 aliphatic carbocycles. The molecule has 1 unspecified atom stereocenters. The number of rotatable bonds is 6. The van der Waals surface area contributed by atoms with Crippen LogP contribution in [0.15, 0.2) is 66.3 Å². The number of para-hydroxylation sites is 1. The number of amides is 1. The first-order valence-electron chi connectivity index (χ1n) is 12.1. The average Bonchev–Trinajstić information content (AvgIpc) is 3.82. The van der Waals surface area contributed by atoms with Crippen molar-refractivity contribution < 1.29 is 4.79 Å². The predicted molar refractivity (Wildman–Crippen MR) is 129 cm³/mol. The molecule has 9 nitrogen and oxygen atoms in total. The van der Waals surface area contributed by atoms with Crippen LogP contribution in [0.4, 0.5) is 5.82 Å². The van der Waals surface area contributed by atoms with Crippen molar-refractivity contribution in [2.45, 2.75) is 50.1 Å². The number of benzene rings is 1. The van der Waals surface area contributed by atoms with E-state index in [9.17, 15) is 4.79 Å². The molecule has 1 aromatic carbocycles. The van der Waals surface area contributed by atoms with Crippen LogP contribution in [-0.2, 0) is 4.79 Å². The van der Waals surface area contributed by atoms with Gasteiger partial charge in [0.1, 0.15) is 23.9 Å². The number of carbonyl (C=O) groups is 1. The Morgan fingerprint density at radius 3 is 2.74 bits per heavy atom. The highest BCUT2D eigenvalue weighted by Crippen LogP contribution is 2.39. The molecule has 9 heteroatoms. The second-order valence-corrected chi connectivity index (χ2v) is 9.48. The first-order valence-corrected chi connectivity index (χ1v) is 12.1. The van der Waals surface area contributed by atoms with Gasteiger partial charge < -0.3 is 14.5 Å². The van der Waals surface area contributed by atoms with E-state index in [2.05, 4.69) is 46.9 Å². The minimum Gasteiger partial charge on any atom is -0.309 e. The van der Waals surface area contributed by atoms with Crippen molar-refractivity contribution in [1.29, 1.82) is 0 Å². The summed E-state index contributed by atoms with van der Waals surface area (Å²) in [6.45, 7) is 0. The number of aromatic nitrogens is 6. The molecule has 0 radical (unpaired) electrons. The lowest BCUT2D eigenvalue weighted by Crippen LogP contribution is -2.40. The largest absolute Gasteiger partial charge is 0.309 e. The highest BCUT2D eigenvalue weighted by molar-refractivity contribution is 5.95. The van der Waals surface area contributed by atoms with Gasteiger partial charge in [-0.15, -0.1) is 10.2 Å². The molecule has 0 spiro atoms. The summed E-state index contributed by atoms with van der Waals surface area (Å²) in [5, 5.41) is 13.1. The van der Waals surface area contributed by atoms with Crippen LogP contribution in [0.2, 0.25) is 0 Å². The van der Waals surface area contributed by atoms with Crippen LogP contribution in [0.25, 0.3) is 17.2 Å². The predicted octanol–water partition coefficient (Wildman–Crippen LogP) is 2.44. The number of hydrogen-bond acceptors (Lipinski definition) is 6. The van der Waals surface area contributed by atoms with Gasteiger partial charge in [0.15, 0.2) is 5.82 Å². The molecule has 7 rings (SSSR count). The maximum atomic E-state index is 13.3. The molecule has 2 saturated carbocycles. The van der Waals surface area contributed by atoms with Gasteiger partial charge in [0.25, 0.3) is 5.91 Å². The summed E-state index contributed by atoms with van der Waals surface area (Å²) in [4.78, 5) is 27.4. The second kappa shape index (κ2) is 7.97. The molecule has 3 aliphatic rings. The molecule has 1 aliphatic heterocycles. The lowest BCUT2D eigenvalue weighted by molar-refractivity contribution is -0.117. The van der Waals surface area contributed by atoms with Crippen molar-refractivity contribution in [3.8, 4) is 11.5 Å². The van der Waals surface area contributed by atoms with E-state index in [-0.39, 0.29) is 5.91 Å². The standard InChI is InChI=1S/C26H24N8O/c35-26(31-24-7-3-6-20(30-24)25-32-28-15-34(25)17-10-11-17)21-12-23(18-4-1-2-5-19(18)29-21)33-13-22(27-14-33)16-8-9-16/h1-7,13-17,21H,8-12H2,(H,30,31,35). The number of anilines is 1. The molecule has 4 heterocycles. The van der Waals surface area contributed by atoms with E-state index in [1.165, 1.54) is 12.8 Å². The molecule has 1 atom stereocenters. The number of fused-ring (bicyclic) bond motifs is 1. The molecule has 1 amide bonds. The zero-order valence-electron chi connectivity index (χ0n) is 19.1. The Kier molecular flexibility index (Phi) is 4.61. The Labute approximate surface area is 201 Å². The highest BCUT2D eigenvalue weighted by Gasteiger charge is 2.29. The average molecular weight is 465 g/mol. The van der Waals surface area contributed by atoms with E-state index in [0.717, 1.165) is 40.6 Å². The third kappa shape index (κ3) is 3.82. The summed E-state index contributed by atoms with van der Waals surface area (Å²) in [6.07, 6.45) is 10.9. The Bertz CT molecular complexity index is 1560. The zero-order valence-corrected chi connectivity index (χ0v) is 19.1. The van der Waals surface area contributed by atoms with E-state index in [0.29, 0.717) is 29.9 Å². The smallest absolute Gasteiger partial charge is 0.250 e. The van der Waals surface area contributed by atoms with Gasteiger partial charge in [-0.25, -0.2) is 9.97 Å². The van der Waals surface area contributed by atoms with Crippen LogP contribution in [0.1, 0.15) is 49.8 Å². The molecule has 174 valence electrons. The third-order valence-electron chi connectivity index (χ3n) is 6.85. The molecule has 1 N–H and O–H groups in total. The molecular formula is C26H24N8O. The maximum absolute atomic E-state index is 13.3. The van der Waals surface area contributed by atoms with Gasteiger partial charge in [-0.05, 0) is 43.9 Å². The molecule has 35 heavy (non-hydrogen) atoms. The first kappa shape index (κ1) is 20.3. The summed E-state index contributed by atoms with van der Waals surface area (Å²) >= 11 is 0. The summed E-state index contributed by atoms with van der Waals surface area (Å²) < 4.78 is 4.12. The van der Waals surface area contributed by atoms with E-state index in [4.69, 9.17) is 4.99 Å². The van der Waals surface area contributed by atoms with Crippen LogP contribution in [0.3, 0.4) is 0 Å². The lowest BCUT2D eigenvalue weighted by Gasteiger charge is -2.19. The fourth-order valence-electron chi connectivity index (χ4n) is 4.69. The normalized spacial score (nSPS) is 19.2. The minimum atomic E-state index is -0.563. The molecule has 2 fully saturated rings. The molecule has 0 saturated heterocycles. The number of hydrogen-bond donors (Lipinski definition) is 1. The van der Waals surface area contributed by atoms with Crippen LogP contribution >= 0.6 is 0 Å². The third-order valence-corrected chi connectivity index (χ3v) is 6.85. The van der Waals surface area contributed by atoms with Crippen molar-refractivity contribution in [1.82, 2.24) is 29.3 Å². The Hall–Kier alpha value is -4.14. The number of pyridine rings is 1. The monoisotopic (exact) mass is 464 g/mol. The van der Waals surface area contributed by atoms with Gasteiger partial charge in [0, 0.05) is 35.5 Å². The topological polar surface area (TPSA) is 103 Å². The highest BCUT2D eigenvalue weighted by atomic mass is 16.2. The Morgan fingerprint density at radius 1 is 1.00 bits per heavy atom. The van der Waals surface area contributed by atoms with Gasteiger partial charge in [-0.2, -0.15) is 0 Å². The van der Waals surface area contributed by atoms with E-state index >= 15 is 0 Å². The van der Waals surface area contributed by atoms with Crippen LogP contribution < -0.4 is 15.9 Å². The number of imidazole rings is 1. The van der Waals surface area contributed by atoms with Gasteiger partial charge in [0.2, 0.25) is 0 Å². The quantitative estimate of drug-likeness (QED) is 0.472. The Morgan fingerprint density at radius 2 is 1.89 bits per heavy atom. The van der Waals surface area contributed by atoms with Gasteiger partial charge >= 0.3 is 0 Å². The molecule has 4 aromatic rings. The van der Waals surface area contributed by atoms with Crippen LogP contribution in [0, 0.1) is 0 Å². The zero-order chi connectivity index (χ0) is 23.4. The van der Waals surface area contributed by atoms with E-state index < -0.39 is 6.04 Å². The lowest BCUT2D eigenvalue weighted by atomic mass is 10.0. The summed E-state index contributed by atoms with van der Waals surface area (Å²) in [5.41, 5.74) is 2.85. The number of nitrogens with one attached hydrogen (secondary N) is 1. The van der Waals surface area contributed by atoms with Gasteiger partial charge in [0.05, 0.1) is 17.4 Å². The second-order valence-electron chi connectivity index (χ2n) is 9.48. The first-order chi connectivity index (χ1) is 17.2. The van der Waals surface area contributed by atoms with Crippen molar-refractivity contribution >= 4 is 17.4 Å². The minimum absolute atomic E-state index is 0.187. The van der Waals surface area contributed by atoms with Crippen molar-refractivity contribution in [2.75, 3.05) is 5.32 Å². The fraction of sp³-hybridized carbons (Fsp3) is 0.308. The van der Waals surface area contributed by atoms with Gasteiger partial charge in [-0.3, -0.25) is 9.79 Å². The maximum Gasteiger partial charge on any atom is 0.250 e. The number of carbonyl (C=O) groups excluding carboxylic acids is 1. The van der Waals surface area contributed by atoms with Gasteiger partial charge in [-0.1, -0.05) is 24.3 Å². The van der Waals surface area contributed by atoms with Crippen molar-refractivity contribution in [3.05, 3.63) is 77.6 Å². The molecule has 3 aromatic heterocycles. The fourth-order valence-corrected chi connectivity index (χ4v) is 4.69. The SMILES string of the molecule is O=C(Nc1cccc(-c2nncn2C2CC2)n1)C1CC(n2cnc(C3CC3)c2)=c2ccccc2=N1. The summed E-state index contributed by atoms with van der Waals surface area (Å²) in [6, 6.07) is 13.4. The van der Waals surface area contributed by atoms with E-state index in [1.54, 1.807) is 12.4 Å². The van der Waals surface area contributed by atoms with Crippen LogP contribution in [-0.4, -0.2) is 41.2 Å². The summed E-state index contributed by atoms with van der Waals surface area (Å²) in [7, 11) is 0. The summed E-state index contributed by atoms with van der Waals surface area (Å²) in [5.74, 6) is 1.59. The van der Waals surface area contributed by atoms with E-state index in [1.807, 2.05) is 36.7 Å². The molecular weight excluding hydrogens is 440 g/mol.